The van der Waals surface area contributed by atoms with E-state index in [1.54, 1.807) is 18.5 Å². The molecule has 1 heterocycles. The van der Waals surface area contributed by atoms with E-state index in [4.69, 9.17) is 4.74 Å². The topological polar surface area (TPSA) is 52.1 Å². The Labute approximate surface area is 130 Å². The second-order valence-electron chi connectivity index (χ2n) is 5.40. The van der Waals surface area contributed by atoms with Crippen LogP contribution in [0.3, 0.4) is 0 Å². The lowest BCUT2D eigenvalue weighted by atomic mass is 9.94. The number of benzene rings is 1. The average Bonchev–Trinajstić information content (AvgIpc) is 2.55. The summed E-state index contributed by atoms with van der Waals surface area (Å²) in [5.74, 6) is -0.0111. The van der Waals surface area contributed by atoms with Crippen LogP contribution in [-0.2, 0) is 16.0 Å². The molecule has 0 atom stereocenters. The van der Waals surface area contributed by atoms with E-state index in [1.807, 2.05) is 12.1 Å². The number of allylic oxidation sites excluding steroid dienone is 1. The van der Waals surface area contributed by atoms with Crippen molar-refractivity contribution in [2.24, 2.45) is 5.92 Å². The molecule has 0 amide bonds. The van der Waals surface area contributed by atoms with E-state index in [0.717, 1.165) is 28.7 Å². The van der Waals surface area contributed by atoms with E-state index in [9.17, 15) is 4.79 Å². The summed E-state index contributed by atoms with van der Waals surface area (Å²) in [6, 6.07) is 8.22. The zero-order valence-corrected chi connectivity index (χ0v) is 13.1. The molecule has 0 aliphatic heterocycles. The normalized spacial score (nSPS) is 11.5. The van der Waals surface area contributed by atoms with Gasteiger partial charge in [-0.2, -0.15) is 0 Å². The van der Waals surface area contributed by atoms with Gasteiger partial charge in [-0.25, -0.2) is 14.8 Å². The van der Waals surface area contributed by atoms with E-state index >= 15 is 0 Å². The minimum Gasteiger partial charge on any atom is -0.466 e. The number of nitrogens with zero attached hydrogens (tertiary/aromatic N) is 2. The van der Waals surface area contributed by atoms with Crippen molar-refractivity contribution in [3.63, 3.8) is 0 Å². The van der Waals surface area contributed by atoms with Crippen molar-refractivity contribution in [3.8, 4) is 11.1 Å². The minimum absolute atomic E-state index is 0.293. The van der Waals surface area contributed by atoms with Gasteiger partial charge in [-0.1, -0.05) is 43.7 Å². The molecule has 2 rings (SSSR count). The average molecular weight is 296 g/mol. The quantitative estimate of drug-likeness (QED) is 0.626. The standard InChI is InChI=1S/C18H20N2O2/c1-13(2)16(9-18(21)22-3)8-14-4-6-15(7-5-14)17-10-19-12-20-11-17/h4-7,9-13H,8H2,1-3H3/b16-9-. The molecule has 4 heteroatoms. The molecule has 0 unspecified atom stereocenters. The molecular formula is C18H20N2O2. The Kier molecular flexibility index (Phi) is 5.42. The van der Waals surface area contributed by atoms with Crippen LogP contribution in [0.2, 0.25) is 0 Å². The highest BCUT2D eigenvalue weighted by atomic mass is 16.5. The van der Waals surface area contributed by atoms with Crippen molar-refractivity contribution in [2.75, 3.05) is 7.11 Å². The summed E-state index contributed by atoms with van der Waals surface area (Å²) >= 11 is 0. The number of carbonyl (C=O) groups excluding carboxylic acids is 1. The highest BCUT2D eigenvalue weighted by Crippen LogP contribution is 2.21. The van der Waals surface area contributed by atoms with Crippen LogP contribution in [0.4, 0.5) is 0 Å². The molecule has 4 nitrogen and oxygen atoms in total. The van der Waals surface area contributed by atoms with E-state index in [0.29, 0.717) is 5.92 Å². The first kappa shape index (κ1) is 15.9. The summed E-state index contributed by atoms with van der Waals surface area (Å²) in [6.45, 7) is 4.15. The van der Waals surface area contributed by atoms with Gasteiger partial charge in [-0.3, -0.25) is 0 Å². The summed E-state index contributed by atoms with van der Waals surface area (Å²) < 4.78 is 4.72. The second kappa shape index (κ2) is 7.50. The Bertz CT molecular complexity index is 647. The molecule has 0 fully saturated rings. The largest absolute Gasteiger partial charge is 0.466 e. The number of rotatable bonds is 5. The van der Waals surface area contributed by atoms with Gasteiger partial charge in [-0.05, 0) is 23.5 Å². The Morgan fingerprint density at radius 3 is 2.32 bits per heavy atom. The Morgan fingerprint density at radius 2 is 1.77 bits per heavy atom. The molecule has 22 heavy (non-hydrogen) atoms. The second-order valence-corrected chi connectivity index (χ2v) is 5.40. The molecule has 0 bridgehead atoms. The van der Waals surface area contributed by atoms with E-state index < -0.39 is 0 Å². The van der Waals surface area contributed by atoms with Gasteiger partial charge >= 0.3 is 5.97 Å². The van der Waals surface area contributed by atoms with Gasteiger partial charge in [0.05, 0.1) is 7.11 Å². The molecule has 0 radical (unpaired) electrons. The van der Waals surface area contributed by atoms with Crippen molar-refractivity contribution < 1.29 is 9.53 Å². The van der Waals surface area contributed by atoms with E-state index in [1.165, 1.54) is 13.4 Å². The molecule has 0 saturated heterocycles. The number of carbonyl (C=O) groups is 1. The predicted octanol–water partition coefficient (Wildman–Crippen LogP) is 3.44. The zero-order chi connectivity index (χ0) is 15.9. The highest BCUT2D eigenvalue weighted by Gasteiger charge is 2.08. The van der Waals surface area contributed by atoms with Gasteiger partial charge in [0, 0.05) is 24.0 Å². The molecule has 0 N–H and O–H groups in total. The summed E-state index contributed by atoms with van der Waals surface area (Å²) in [6.07, 6.45) is 7.42. The maximum absolute atomic E-state index is 11.4. The first-order valence-electron chi connectivity index (χ1n) is 7.23. The number of ether oxygens (including phenoxy) is 1. The molecule has 114 valence electrons. The Balaban J connectivity index is 2.16. The van der Waals surface area contributed by atoms with Gasteiger partial charge < -0.3 is 4.74 Å². The predicted molar refractivity (Wildman–Crippen MR) is 86.1 cm³/mol. The van der Waals surface area contributed by atoms with Crippen LogP contribution in [0.1, 0.15) is 19.4 Å². The summed E-state index contributed by atoms with van der Waals surface area (Å²) in [7, 11) is 1.40. The molecule has 0 aliphatic rings. The van der Waals surface area contributed by atoms with Crippen molar-refractivity contribution in [2.45, 2.75) is 20.3 Å². The third-order valence-electron chi connectivity index (χ3n) is 3.50. The lowest BCUT2D eigenvalue weighted by Crippen LogP contribution is -2.04. The lowest BCUT2D eigenvalue weighted by Gasteiger charge is -2.12. The van der Waals surface area contributed by atoms with Gasteiger partial charge in [0.25, 0.3) is 0 Å². The fourth-order valence-electron chi connectivity index (χ4n) is 2.13. The molecule has 0 spiro atoms. The lowest BCUT2D eigenvalue weighted by molar-refractivity contribution is -0.134. The maximum atomic E-state index is 11.4. The third kappa shape index (κ3) is 4.25. The summed E-state index contributed by atoms with van der Waals surface area (Å²) in [4.78, 5) is 19.5. The number of hydrogen-bond donors (Lipinski definition) is 0. The number of hydrogen-bond acceptors (Lipinski definition) is 4. The zero-order valence-electron chi connectivity index (χ0n) is 13.1. The molecule has 0 saturated carbocycles. The van der Waals surface area contributed by atoms with Crippen molar-refractivity contribution >= 4 is 5.97 Å². The van der Waals surface area contributed by atoms with E-state index in [2.05, 4.69) is 35.9 Å². The SMILES string of the molecule is COC(=O)/C=C(/Cc1ccc(-c2cncnc2)cc1)C(C)C. The molecular weight excluding hydrogens is 276 g/mol. The first-order chi connectivity index (χ1) is 10.6. The molecule has 1 aromatic heterocycles. The fraction of sp³-hybridized carbons (Fsp3) is 0.278. The van der Waals surface area contributed by atoms with Crippen molar-refractivity contribution in [3.05, 3.63) is 60.2 Å². The van der Waals surface area contributed by atoms with Gasteiger partial charge in [0.15, 0.2) is 0 Å². The summed E-state index contributed by atoms with van der Waals surface area (Å²) in [5, 5.41) is 0. The summed E-state index contributed by atoms with van der Waals surface area (Å²) in [5.41, 5.74) is 4.28. The molecule has 2 aromatic rings. The highest BCUT2D eigenvalue weighted by molar-refractivity contribution is 5.82. The molecule has 1 aromatic carbocycles. The van der Waals surface area contributed by atoms with Gasteiger partial charge in [0.2, 0.25) is 0 Å². The van der Waals surface area contributed by atoms with Crippen LogP contribution in [0.15, 0.2) is 54.6 Å². The van der Waals surface area contributed by atoms with Crippen LogP contribution in [-0.4, -0.2) is 23.0 Å². The minimum atomic E-state index is -0.304. The smallest absolute Gasteiger partial charge is 0.330 e. The number of aromatic nitrogens is 2. The van der Waals surface area contributed by atoms with Crippen molar-refractivity contribution in [1.29, 1.82) is 0 Å². The van der Waals surface area contributed by atoms with Crippen LogP contribution < -0.4 is 0 Å². The first-order valence-corrected chi connectivity index (χ1v) is 7.23. The number of methoxy groups -OCH3 is 1. The monoisotopic (exact) mass is 296 g/mol. The fourth-order valence-corrected chi connectivity index (χ4v) is 2.13. The van der Waals surface area contributed by atoms with Gasteiger partial charge in [0.1, 0.15) is 6.33 Å². The van der Waals surface area contributed by atoms with Crippen molar-refractivity contribution in [1.82, 2.24) is 9.97 Å². The van der Waals surface area contributed by atoms with Gasteiger partial charge in [-0.15, -0.1) is 0 Å². The maximum Gasteiger partial charge on any atom is 0.330 e. The van der Waals surface area contributed by atoms with E-state index in [-0.39, 0.29) is 5.97 Å². The Morgan fingerprint density at radius 1 is 1.14 bits per heavy atom. The van der Waals surface area contributed by atoms with Crippen LogP contribution in [0.5, 0.6) is 0 Å². The Hall–Kier alpha value is -2.49. The van der Waals surface area contributed by atoms with Crippen LogP contribution in [0.25, 0.3) is 11.1 Å². The molecule has 0 aliphatic carbocycles. The third-order valence-corrected chi connectivity index (χ3v) is 3.50. The van der Waals surface area contributed by atoms with Crippen LogP contribution in [0, 0.1) is 5.92 Å². The number of esters is 1. The van der Waals surface area contributed by atoms with Crippen LogP contribution >= 0.6 is 0 Å².